The summed E-state index contributed by atoms with van der Waals surface area (Å²) < 4.78 is 1.88. The second kappa shape index (κ2) is 7.21. The Balaban J connectivity index is 1.65. The lowest BCUT2D eigenvalue weighted by Gasteiger charge is -2.30. The smallest absolute Gasteiger partial charge is 0.241 e. The second-order valence-corrected chi connectivity index (χ2v) is 8.39. The number of carbonyl (C=O) groups is 1. The van der Waals surface area contributed by atoms with Crippen molar-refractivity contribution in [2.45, 2.75) is 44.3 Å². The summed E-state index contributed by atoms with van der Waals surface area (Å²) in [6.45, 7) is 4.01. The van der Waals surface area contributed by atoms with Crippen molar-refractivity contribution in [1.82, 2.24) is 9.80 Å². The first-order valence-corrected chi connectivity index (χ1v) is 9.76. The van der Waals surface area contributed by atoms with Gasteiger partial charge in [0, 0.05) is 34.1 Å². The number of hydrogen-bond donors (Lipinski definition) is 1. The van der Waals surface area contributed by atoms with E-state index in [2.05, 4.69) is 54.0 Å². The highest BCUT2D eigenvalue weighted by Crippen LogP contribution is 2.30. The zero-order valence-electron chi connectivity index (χ0n) is 13.6. The van der Waals surface area contributed by atoms with Crippen LogP contribution < -0.4 is 5.32 Å². The summed E-state index contributed by atoms with van der Waals surface area (Å²) in [4.78, 5) is 17.5. The monoisotopic (exact) mass is 443 g/mol. The predicted molar refractivity (Wildman–Crippen MR) is 101 cm³/mol. The molecule has 0 spiro atoms. The third-order valence-corrected chi connectivity index (χ3v) is 6.45. The summed E-state index contributed by atoms with van der Waals surface area (Å²) in [5.41, 5.74) is 0.818. The minimum Gasteiger partial charge on any atom is -0.324 e. The van der Waals surface area contributed by atoms with Gasteiger partial charge in [-0.25, -0.2) is 0 Å². The molecular weight excluding hydrogens is 422 g/mol. The van der Waals surface area contributed by atoms with Gasteiger partial charge in [0.15, 0.2) is 0 Å². The van der Waals surface area contributed by atoms with Crippen molar-refractivity contribution in [3.05, 3.63) is 27.1 Å². The van der Waals surface area contributed by atoms with Crippen molar-refractivity contribution in [2.75, 3.05) is 25.5 Å². The lowest BCUT2D eigenvalue weighted by Crippen LogP contribution is -2.46. The molecule has 4 nitrogen and oxygen atoms in total. The van der Waals surface area contributed by atoms with Crippen molar-refractivity contribution < 1.29 is 4.79 Å². The third-order valence-electron chi connectivity index (χ3n) is 5.30. The third kappa shape index (κ3) is 3.81. The van der Waals surface area contributed by atoms with Crippen molar-refractivity contribution in [3.63, 3.8) is 0 Å². The van der Waals surface area contributed by atoms with Crippen LogP contribution in [0.1, 0.15) is 26.2 Å². The van der Waals surface area contributed by atoms with E-state index in [4.69, 9.17) is 0 Å². The lowest BCUT2D eigenvalue weighted by atomic mass is 10.1. The first kappa shape index (κ1) is 17.4. The number of nitrogens with zero attached hydrogens (tertiary/aromatic N) is 2. The lowest BCUT2D eigenvalue weighted by molar-refractivity contribution is -0.120. The molecule has 3 atom stereocenters. The van der Waals surface area contributed by atoms with Crippen LogP contribution in [0.25, 0.3) is 0 Å². The van der Waals surface area contributed by atoms with Crippen LogP contribution in [0, 0.1) is 0 Å². The van der Waals surface area contributed by atoms with E-state index in [0.29, 0.717) is 12.1 Å². The second-order valence-electron chi connectivity index (χ2n) is 6.62. The van der Waals surface area contributed by atoms with Gasteiger partial charge in [-0.15, -0.1) is 0 Å². The van der Waals surface area contributed by atoms with E-state index in [0.717, 1.165) is 34.1 Å². The maximum absolute atomic E-state index is 12.6. The highest BCUT2D eigenvalue weighted by molar-refractivity contribution is 9.11. The standard InChI is InChI=1S/C17H23Br2N3O/c1-11(17(23)20-16-6-3-12(18)9-15(16)19)22-8-7-13-4-5-14(10-22)21(13)2/h3,6,9,11,13-14H,4-5,7-8,10H2,1-2H3,(H,20,23)/t11-,13-,14+/m1/s1. The highest BCUT2D eigenvalue weighted by atomic mass is 79.9. The van der Waals surface area contributed by atoms with Gasteiger partial charge in [-0.2, -0.15) is 0 Å². The molecular formula is C17H23Br2N3O. The Morgan fingerprint density at radius 1 is 1.26 bits per heavy atom. The van der Waals surface area contributed by atoms with Crippen molar-refractivity contribution in [2.24, 2.45) is 0 Å². The summed E-state index contributed by atoms with van der Waals surface area (Å²) in [5, 5.41) is 3.05. The molecule has 3 rings (SSSR count). The number of likely N-dealkylation sites (tertiary alicyclic amines) is 1. The largest absolute Gasteiger partial charge is 0.324 e. The Labute approximate surface area is 154 Å². The summed E-state index contributed by atoms with van der Waals surface area (Å²) in [7, 11) is 2.23. The van der Waals surface area contributed by atoms with Crippen LogP contribution in [0.15, 0.2) is 27.1 Å². The van der Waals surface area contributed by atoms with Gasteiger partial charge in [0.05, 0.1) is 11.7 Å². The molecule has 0 radical (unpaired) electrons. The van der Waals surface area contributed by atoms with Crippen LogP contribution >= 0.6 is 31.9 Å². The number of carbonyl (C=O) groups excluding carboxylic acids is 1. The summed E-state index contributed by atoms with van der Waals surface area (Å²) in [5.74, 6) is 0.0634. The maximum atomic E-state index is 12.6. The fraction of sp³-hybridized carbons (Fsp3) is 0.588. The quantitative estimate of drug-likeness (QED) is 0.771. The zero-order chi connectivity index (χ0) is 16.6. The number of nitrogens with one attached hydrogen (secondary N) is 1. The molecule has 0 aromatic heterocycles. The molecule has 2 aliphatic rings. The van der Waals surface area contributed by atoms with Gasteiger partial charge in [0.25, 0.3) is 0 Å². The number of hydrogen-bond acceptors (Lipinski definition) is 3. The average Bonchev–Trinajstić information content (AvgIpc) is 2.74. The molecule has 23 heavy (non-hydrogen) atoms. The minimum absolute atomic E-state index is 0.0634. The maximum Gasteiger partial charge on any atom is 0.241 e. The van der Waals surface area contributed by atoms with E-state index in [1.165, 1.54) is 12.8 Å². The molecule has 0 aliphatic carbocycles. The van der Waals surface area contributed by atoms with E-state index in [1.807, 2.05) is 25.1 Å². The van der Waals surface area contributed by atoms with Crippen LogP contribution in [0.2, 0.25) is 0 Å². The molecule has 1 aromatic carbocycles. The Kier molecular flexibility index (Phi) is 5.46. The number of halogens is 2. The van der Waals surface area contributed by atoms with Crippen molar-refractivity contribution >= 4 is 43.5 Å². The number of likely N-dealkylation sites (N-methyl/N-ethyl adjacent to an activating group) is 1. The summed E-state index contributed by atoms with van der Waals surface area (Å²) in [6.07, 6.45) is 3.72. The van der Waals surface area contributed by atoms with Crippen LogP contribution in [0.5, 0.6) is 0 Å². The number of fused-ring (bicyclic) bond motifs is 2. The Bertz CT molecular complexity index is 595. The molecule has 6 heteroatoms. The SMILES string of the molecule is C[C@H](C(=O)Nc1ccc(Br)cc1Br)N1CC[C@H]2CC[C@@H](C1)N2C. The number of benzene rings is 1. The zero-order valence-corrected chi connectivity index (χ0v) is 16.7. The van der Waals surface area contributed by atoms with Crippen LogP contribution in [-0.4, -0.2) is 54.0 Å². The number of rotatable bonds is 3. The molecule has 2 saturated heterocycles. The van der Waals surface area contributed by atoms with Crippen LogP contribution in [0.3, 0.4) is 0 Å². The minimum atomic E-state index is -0.113. The van der Waals surface area contributed by atoms with E-state index < -0.39 is 0 Å². The highest BCUT2D eigenvalue weighted by Gasteiger charge is 2.36. The Morgan fingerprint density at radius 3 is 2.74 bits per heavy atom. The molecule has 1 aromatic rings. The van der Waals surface area contributed by atoms with E-state index in [1.54, 1.807) is 0 Å². The molecule has 2 bridgehead atoms. The fourth-order valence-electron chi connectivity index (χ4n) is 3.68. The average molecular weight is 445 g/mol. The van der Waals surface area contributed by atoms with Gasteiger partial charge in [-0.1, -0.05) is 15.9 Å². The number of anilines is 1. The molecule has 2 fully saturated rings. The van der Waals surface area contributed by atoms with E-state index >= 15 is 0 Å². The van der Waals surface area contributed by atoms with Gasteiger partial charge in [-0.05, 0) is 67.4 Å². The van der Waals surface area contributed by atoms with Crippen molar-refractivity contribution in [3.8, 4) is 0 Å². The molecule has 1 amide bonds. The fourth-order valence-corrected chi connectivity index (χ4v) is 4.83. The topological polar surface area (TPSA) is 35.6 Å². The van der Waals surface area contributed by atoms with Gasteiger partial charge >= 0.3 is 0 Å². The van der Waals surface area contributed by atoms with E-state index in [-0.39, 0.29) is 11.9 Å². The van der Waals surface area contributed by atoms with Gasteiger partial charge < -0.3 is 5.32 Å². The normalized spacial score (nSPS) is 26.8. The van der Waals surface area contributed by atoms with Gasteiger partial charge in [0.1, 0.15) is 0 Å². The first-order chi connectivity index (χ1) is 11.0. The predicted octanol–water partition coefficient (Wildman–Crippen LogP) is 3.71. The van der Waals surface area contributed by atoms with Gasteiger partial charge in [-0.3, -0.25) is 14.6 Å². The molecule has 126 valence electrons. The molecule has 2 heterocycles. The Morgan fingerprint density at radius 2 is 2.00 bits per heavy atom. The van der Waals surface area contributed by atoms with E-state index in [9.17, 15) is 4.79 Å². The summed E-state index contributed by atoms with van der Waals surface area (Å²) in [6, 6.07) is 6.97. The molecule has 0 unspecified atom stereocenters. The summed E-state index contributed by atoms with van der Waals surface area (Å²) >= 11 is 6.93. The van der Waals surface area contributed by atoms with Crippen LogP contribution in [0.4, 0.5) is 5.69 Å². The molecule has 2 aliphatic heterocycles. The van der Waals surface area contributed by atoms with Crippen LogP contribution in [-0.2, 0) is 4.79 Å². The molecule has 1 N–H and O–H groups in total. The van der Waals surface area contributed by atoms with Gasteiger partial charge in [0.2, 0.25) is 5.91 Å². The van der Waals surface area contributed by atoms with Crippen molar-refractivity contribution in [1.29, 1.82) is 0 Å². The first-order valence-electron chi connectivity index (χ1n) is 8.17. The molecule has 0 saturated carbocycles. The Hall–Kier alpha value is -0.430. The number of amides is 1.